The summed E-state index contributed by atoms with van der Waals surface area (Å²) in [5.74, 6) is 0. The summed E-state index contributed by atoms with van der Waals surface area (Å²) in [5, 5.41) is 0. The van der Waals surface area contributed by atoms with Crippen LogP contribution in [0.5, 0.6) is 0 Å². The third-order valence-electron chi connectivity index (χ3n) is 1.19. The molecule has 10 heavy (non-hydrogen) atoms. The van der Waals surface area contributed by atoms with Gasteiger partial charge >= 0.3 is 0 Å². The van der Waals surface area contributed by atoms with Crippen LogP contribution in [0.15, 0.2) is 28.7 Å². The van der Waals surface area contributed by atoms with Crippen LogP contribution in [0.1, 0.15) is 0 Å². The second kappa shape index (κ2) is 2.93. The molecule has 46 valence electrons. The van der Waals surface area contributed by atoms with Crippen molar-refractivity contribution >= 4 is 11.1 Å². The van der Waals surface area contributed by atoms with Crippen LogP contribution < -0.4 is 0 Å². The summed E-state index contributed by atoms with van der Waals surface area (Å²) < 4.78 is 4.88. The molecular weight excluding hydrogens is 179 g/mol. The van der Waals surface area contributed by atoms with E-state index in [1.807, 2.05) is 24.3 Å². The molecule has 0 saturated carbocycles. The third kappa shape index (κ3) is 1.10. The Bertz CT molecular complexity index is 288. The average Bonchev–Trinajstić information content (AvgIpc) is 2.33. The molecule has 0 spiro atoms. The van der Waals surface area contributed by atoms with E-state index in [0.717, 1.165) is 11.1 Å². The molecule has 0 unspecified atom stereocenters. The van der Waals surface area contributed by atoms with Gasteiger partial charge in [-0.25, -0.2) is 0 Å². The van der Waals surface area contributed by atoms with E-state index in [9.17, 15) is 0 Å². The first-order chi connectivity index (χ1) is 4.47. The summed E-state index contributed by atoms with van der Waals surface area (Å²) in [6.07, 6.45) is 2.41. The molecule has 0 saturated heterocycles. The molecule has 0 fully saturated rings. The van der Waals surface area contributed by atoms with Gasteiger partial charge in [0.05, 0.1) is 0 Å². The Morgan fingerprint density at radius 2 is 2.10 bits per heavy atom. The van der Waals surface area contributed by atoms with Crippen LogP contribution in [0.3, 0.4) is 0 Å². The molecule has 2 rings (SSSR count). The maximum Gasteiger partial charge on any atom is 0.103 e. The Labute approximate surface area is 71.0 Å². The van der Waals surface area contributed by atoms with Gasteiger partial charge in [-0.3, -0.25) is 0 Å². The zero-order valence-electron chi connectivity index (χ0n) is 5.37. The largest absolute Gasteiger partial charge is 0.573 e. The van der Waals surface area contributed by atoms with Gasteiger partial charge in [0.1, 0.15) is 6.39 Å². The van der Waals surface area contributed by atoms with Crippen molar-refractivity contribution in [3.63, 3.8) is 0 Å². The van der Waals surface area contributed by atoms with Crippen molar-refractivity contribution in [2.24, 2.45) is 0 Å². The van der Waals surface area contributed by atoms with E-state index in [0.29, 0.717) is 0 Å². The van der Waals surface area contributed by atoms with Gasteiger partial charge in [0.25, 0.3) is 0 Å². The molecule has 1 aromatic heterocycles. The number of fused-ring (bicyclic) bond motifs is 1. The van der Waals surface area contributed by atoms with Crippen molar-refractivity contribution in [1.29, 1.82) is 0 Å². The van der Waals surface area contributed by atoms with Crippen LogP contribution in [-0.2, 0) is 19.5 Å². The van der Waals surface area contributed by atoms with E-state index in [2.05, 4.69) is 11.4 Å². The second-order valence-electron chi connectivity index (χ2n) is 1.77. The Hall–Kier alpha value is -0.687. The maximum absolute atomic E-state index is 4.88. The van der Waals surface area contributed by atoms with E-state index in [4.69, 9.17) is 4.42 Å². The Kier molecular flexibility index (Phi) is 2.18. The van der Waals surface area contributed by atoms with E-state index in [-0.39, 0.29) is 19.5 Å². The summed E-state index contributed by atoms with van der Waals surface area (Å²) >= 11 is 0. The number of para-hydroxylation sites is 2. The summed E-state index contributed by atoms with van der Waals surface area (Å²) in [4.78, 5) is 3.83. The molecule has 1 heterocycles. The van der Waals surface area contributed by atoms with Gasteiger partial charge in [0.2, 0.25) is 0 Å². The van der Waals surface area contributed by atoms with Gasteiger partial charge < -0.3 is 9.40 Å². The van der Waals surface area contributed by atoms with Crippen LogP contribution >= 0.6 is 0 Å². The van der Waals surface area contributed by atoms with Crippen LogP contribution in [-0.4, -0.2) is 4.98 Å². The molecule has 0 radical (unpaired) electrons. The maximum atomic E-state index is 4.88. The van der Waals surface area contributed by atoms with Gasteiger partial charge in [-0.1, -0.05) is 18.2 Å². The van der Waals surface area contributed by atoms with Crippen molar-refractivity contribution in [2.75, 3.05) is 0 Å². The molecule has 3 heteroatoms. The van der Waals surface area contributed by atoms with E-state index < -0.39 is 0 Å². The number of aromatic nitrogens is 1. The number of nitrogens with zero attached hydrogens (tertiary/aromatic N) is 1. The minimum absolute atomic E-state index is 0. The minimum atomic E-state index is 0. The van der Waals surface area contributed by atoms with Crippen molar-refractivity contribution in [2.45, 2.75) is 0 Å². The fraction of sp³-hybridized carbons (Fsp3) is 0. The quantitative estimate of drug-likeness (QED) is 0.458. The van der Waals surface area contributed by atoms with Crippen molar-refractivity contribution in [3.05, 3.63) is 30.7 Å². The summed E-state index contributed by atoms with van der Waals surface area (Å²) in [6, 6.07) is 7.56. The molecular formula is C7H4NOZn-. The fourth-order valence-electron chi connectivity index (χ4n) is 0.757. The van der Waals surface area contributed by atoms with Crippen LogP contribution in [0.4, 0.5) is 0 Å². The fourth-order valence-corrected chi connectivity index (χ4v) is 0.757. The molecule has 2 nitrogen and oxygen atoms in total. The molecule has 0 bridgehead atoms. The standard InChI is InChI=1S/C7H4NO.Zn/c1-2-4-7-6(3-1)8-5-9-7;/h1-4H;/q-1;. The second-order valence-corrected chi connectivity index (χ2v) is 1.77. The molecule has 0 amide bonds. The summed E-state index contributed by atoms with van der Waals surface area (Å²) in [6.45, 7) is 0. The monoisotopic (exact) mass is 182 g/mol. The first kappa shape index (κ1) is 7.42. The number of rotatable bonds is 0. The SMILES string of the molecule is [Zn].[c-]1nc2ccccc2o1. The molecule has 0 aliphatic heterocycles. The number of hydrogen-bond donors (Lipinski definition) is 0. The van der Waals surface area contributed by atoms with Crippen LogP contribution in [0.25, 0.3) is 11.1 Å². The summed E-state index contributed by atoms with van der Waals surface area (Å²) in [5.41, 5.74) is 1.65. The molecule has 0 aliphatic carbocycles. The van der Waals surface area contributed by atoms with Gasteiger partial charge in [-0.15, -0.1) is 6.07 Å². The van der Waals surface area contributed by atoms with E-state index >= 15 is 0 Å². The molecule has 1 aromatic carbocycles. The zero-order valence-corrected chi connectivity index (χ0v) is 8.34. The third-order valence-corrected chi connectivity index (χ3v) is 1.19. The Morgan fingerprint density at radius 3 is 2.90 bits per heavy atom. The van der Waals surface area contributed by atoms with Gasteiger partial charge in [-0.2, -0.15) is 0 Å². The topological polar surface area (TPSA) is 26.0 Å². The normalized spacial score (nSPS) is 9.20. The molecule has 2 aromatic rings. The average molecular weight is 184 g/mol. The van der Waals surface area contributed by atoms with E-state index in [1.54, 1.807) is 0 Å². The smallest absolute Gasteiger partial charge is 0.103 e. The predicted molar refractivity (Wildman–Crippen MR) is 32.8 cm³/mol. The number of benzene rings is 1. The van der Waals surface area contributed by atoms with Crippen molar-refractivity contribution in [3.8, 4) is 0 Å². The van der Waals surface area contributed by atoms with Crippen LogP contribution in [0, 0.1) is 6.39 Å². The first-order valence-corrected chi connectivity index (χ1v) is 2.68. The molecule has 0 aliphatic rings. The van der Waals surface area contributed by atoms with Gasteiger partial charge in [0, 0.05) is 19.5 Å². The van der Waals surface area contributed by atoms with Gasteiger partial charge in [0.15, 0.2) is 0 Å². The first-order valence-electron chi connectivity index (χ1n) is 2.68. The predicted octanol–water partition coefficient (Wildman–Crippen LogP) is 1.63. The van der Waals surface area contributed by atoms with Crippen LogP contribution in [0.2, 0.25) is 0 Å². The van der Waals surface area contributed by atoms with Crippen molar-refractivity contribution in [1.82, 2.24) is 4.98 Å². The Balaban J connectivity index is 0.000000500. The van der Waals surface area contributed by atoms with E-state index in [1.165, 1.54) is 0 Å². The molecule has 0 atom stereocenters. The van der Waals surface area contributed by atoms with Gasteiger partial charge in [-0.05, 0) is 11.1 Å². The molecule has 0 N–H and O–H groups in total. The zero-order chi connectivity index (χ0) is 6.10. The summed E-state index contributed by atoms with van der Waals surface area (Å²) in [7, 11) is 0. The Morgan fingerprint density at radius 1 is 1.30 bits per heavy atom. The number of oxazole rings is 1. The minimum Gasteiger partial charge on any atom is -0.573 e. The number of hydrogen-bond acceptors (Lipinski definition) is 2. The van der Waals surface area contributed by atoms with Crippen molar-refractivity contribution < 1.29 is 23.9 Å².